The zero-order valence-electron chi connectivity index (χ0n) is 17.1. The number of pyridine rings is 1. The standard InChI is InChI=1S/C21H21BN6O3/c1-12-13(2)26-21(18-16-7-4-8-17(19(23)29)28(16)11-25-18)27-20(12)24-10-14-5-3-6-15(9-14)22(30)31/h3-9,11,30-31H,10H2,1-2H3,(H2,23,29)(H,24,26,27). The fraction of sp³-hybridized carbons (Fsp3) is 0.143. The third-order valence-corrected chi connectivity index (χ3v) is 5.13. The van der Waals surface area contributed by atoms with Gasteiger partial charge in [0, 0.05) is 17.8 Å². The van der Waals surface area contributed by atoms with Crippen LogP contribution in [0.15, 0.2) is 48.8 Å². The van der Waals surface area contributed by atoms with E-state index >= 15 is 0 Å². The first-order valence-corrected chi connectivity index (χ1v) is 9.65. The monoisotopic (exact) mass is 416 g/mol. The van der Waals surface area contributed by atoms with Crippen molar-refractivity contribution in [2.45, 2.75) is 20.4 Å². The predicted octanol–water partition coefficient (Wildman–Crippen LogP) is 0.799. The Morgan fingerprint density at radius 1 is 1.16 bits per heavy atom. The summed E-state index contributed by atoms with van der Waals surface area (Å²) in [5.41, 5.74) is 9.98. The highest BCUT2D eigenvalue weighted by molar-refractivity contribution is 6.58. The van der Waals surface area contributed by atoms with Crippen LogP contribution in [0.1, 0.15) is 27.3 Å². The maximum Gasteiger partial charge on any atom is 0.488 e. The number of nitrogens with two attached hydrogens (primary N) is 1. The number of nitrogens with zero attached hydrogens (tertiary/aromatic N) is 4. The molecule has 10 heteroatoms. The molecule has 0 saturated carbocycles. The number of carbonyl (C=O) groups excluding carboxylic acids is 1. The Morgan fingerprint density at radius 3 is 2.68 bits per heavy atom. The zero-order valence-corrected chi connectivity index (χ0v) is 17.1. The summed E-state index contributed by atoms with van der Waals surface area (Å²) >= 11 is 0. The third kappa shape index (κ3) is 3.98. The molecule has 0 fully saturated rings. The Hall–Kier alpha value is -3.76. The van der Waals surface area contributed by atoms with Crippen LogP contribution in [-0.4, -0.2) is 42.4 Å². The summed E-state index contributed by atoms with van der Waals surface area (Å²) in [6.45, 7) is 4.25. The number of carbonyl (C=O) groups is 1. The molecule has 4 aromatic rings. The molecule has 0 spiro atoms. The van der Waals surface area contributed by atoms with Crippen LogP contribution in [0.2, 0.25) is 0 Å². The van der Waals surface area contributed by atoms with Gasteiger partial charge in [0.1, 0.15) is 23.5 Å². The molecule has 156 valence electrons. The lowest BCUT2D eigenvalue weighted by atomic mass is 9.80. The van der Waals surface area contributed by atoms with Gasteiger partial charge in [-0.2, -0.15) is 0 Å². The van der Waals surface area contributed by atoms with Gasteiger partial charge in [0.15, 0.2) is 5.82 Å². The van der Waals surface area contributed by atoms with Gasteiger partial charge in [-0.1, -0.05) is 30.3 Å². The molecule has 0 aliphatic rings. The van der Waals surface area contributed by atoms with E-state index in [1.807, 2.05) is 26.0 Å². The predicted molar refractivity (Wildman–Crippen MR) is 118 cm³/mol. The Bertz CT molecular complexity index is 1290. The first kappa shape index (κ1) is 20.5. The Morgan fingerprint density at radius 2 is 1.94 bits per heavy atom. The number of nitrogens with one attached hydrogen (secondary N) is 1. The van der Waals surface area contributed by atoms with Crippen molar-refractivity contribution in [2.24, 2.45) is 5.73 Å². The number of imidazole rings is 1. The SMILES string of the molecule is Cc1nc(-c2ncn3c(C(N)=O)cccc23)nc(NCc2cccc(B(O)O)c2)c1C. The summed E-state index contributed by atoms with van der Waals surface area (Å²) in [6.07, 6.45) is 1.53. The van der Waals surface area contributed by atoms with Crippen LogP contribution in [0.5, 0.6) is 0 Å². The number of rotatable bonds is 6. The molecule has 3 aromatic heterocycles. The van der Waals surface area contributed by atoms with Crippen LogP contribution in [0, 0.1) is 13.8 Å². The summed E-state index contributed by atoms with van der Waals surface area (Å²) in [6, 6.07) is 12.2. The highest BCUT2D eigenvalue weighted by atomic mass is 16.4. The molecule has 1 aromatic carbocycles. The van der Waals surface area contributed by atoms with Crippen LogP contribution in [-0.2, 0) is 6.54 Å². The molecule has 0 saturated heterocycles. The van der Waals surface area contributed by atoms with Crippen molar-refractivity contribution in [3.05, 3.63) is 71.3 Å². The summed E-state index contributed by atoms with van der Waals surface area (Å²) in [7, 11) is -1.52. The molecule has 0 atom stereocenters. The largest absolute Gasteiger partial charge is 0.488 e. The molecule has 0 bridgehead atoms. The van der Waals surface area contributed by atoms with E-state index < -0.39 is 13.0 Å². The van der Waals surface area contributed by atoms with Crippen LogP contribution < -0.4 is 16.5 Å². The summed E-state index contributed by atoms with van der Waals surface area (Å²) in [5, 5.41) is 22.0. The number of anilines is 1. The molecule has 0 radical (unpaired) electrons. The first-order chi connectivity index (χ1) is 14.8. The quantitative estimate of drug-likeness (QED) is 0.341. The van der Waals surface area contributed by atoms with Crippen molar-refractivity contribution < 1.29 is 14.8 Å². The van der Waals surface area contributed by atoms with E-state index in [9.17, 15) is 14.8 Å². The normalized spacial score (nSPS) is 11.0. The van der Waals surface area contributed by atoms with Crippen molar-refractivity contribution in [1.29, 1.82) is 0 Å². The van der Waals surface area contributed by atoms with Crippen molar-refractivity contribution in [3.8, 4) is 11.5 Å². The van der Waals surface area contributed by atoms with Gasteiger partial charge in [-0.3, -0.25) is 9.20 Å². The minimum Gasteiger partial charge on any atom is -0.423 e. The Kier molecular flexibility index (Phi) is 5.41. The van der Waals surface area contributed by atoms with E-state index in [4.69, 9.17) is 5.73 Å². The molecular formula is C21H21BN6O3. The van der Waals surface area contributed by atoms with Gasteiger partial charge in [0.2, 0.25) is 0 Å². The topological polar surface area (TPSA) is 139 Å². The van der Waals surface area contributed by atoms with Crippen LogP contribution >= 0.6 is 0 Å². The smallest absolute Gasteiger partial charge is 0.423 e. The highest BCUT2D eigenvalue weighted by Gasteiger charge is 2.17. The first-order valence-electron chi connectivity index (χ1n) is 9.65. The zero-order chi connectivity index (χ0) is 22.1. The summed E-state index contributed by atoms with van der Waals surface area (Å²) in [5.74, 6) is 0.520. The van der Waals surface area contributed by atoms with E-state index in [-0.39, 0.29) is 0 Å². The molecule has 5 N–H and O–H groups in total. The number of fused-ring (bicyclic) bond motifs is 1. The fourth-order valence-electron chi connectivity index (χ4n) is 3.35. The fourth-order valence-corrected chi connectivity index (χ4v) is 3.35. The number of amides is 1. The minimum absolute atomic E-state index is 0.324. The number of primary amides is 1. The van der Waals surface area contributed by atoms with Gasteiger partial charge < -0.3 is 21.1 Å². The van der Waals surface area contributed by atoms with Gasteiger partial charge in [-0.25, -0.2) is 15.0 Å². The van der Waals surface area contributed by atoms with Gasteiger partial charge in [0.05, 0.1) is 5.52 Å². The van der Waals surface area contributed by atoms with Crippen molar-refractivity contribution in [1.82, 2.24) is 19.4 Å². The summed E-state index contributed by atoms with van der Waals surface area (Å²) in [4.78, 5) is 25.4. The molecule has 1 amide bonds. The van der Waals surface area contributed by atoms with Crippen LogP contribution in [0.3, 0.4) is 0 Å². The molecule has 31 heavy (non-hydrogen) atoms. The minimum atomic E-state index is -1.52. The molecule has 0 unspecified atom stereocenters. The second kappa shape index (κ2) is 8.17. The lowest BCUT2D eigenvalue weighted by Crippen LogP contribution is -2.30. The van der Waals surface area contributed by atoms with E-state index in [1.165, 1.54) is 6.33 Å². The van der Waals surface area contributed by atoms with Crippen molar-refractivity contribution in [2.75, 3.05) is 5.32 Å². The van der Waals surface area contributed by atoms with Gasteiger partial charge in [-0.05, 0) is 37.0 Å². The average molecular weight is 416 g/mol. The van der Waals surface area contributed by atoms with Crippen molar-refractivity contribution in [3.63, 3.8) is 0 Å². The maximum atomic E-state index is 11.7. The molecule has 4 rings (SSSR count). The Labute approximate surface area is 178 Å². The van der Waals surface area contributed by atoms with Crippen molar-refractivity contribution >= 4 is 29.8 Å². The number of hydrogen-bond donors (Lipinski definition) is 4. The second-order valence-corrected chi connectivity index (χ2v) is 7.20. The van der Waals surface area contributed by atoms with Crippen LogP contribution in [0.25, 0.3) is 17.0 Å². The molecule has 0 aliphatic heterocycles. The molecule has 3 heterocycles. The molecular weight excluding hydrogens is 395 g/mol. The average Bonchev–Trinajstić information content (AvgIpc) is 3.19. The van der Waals surface area contributed by atoms with Gasteiger partial charge in [-0.15, -0.1) is 0 Å². The second-order valence-electron chi connectivity index (χ2n) is 7.20. The lowest BCUT2D eigenvalue weighted by molar-refractivity contribution is 0.0994. The van der Waals surface area contributed by atoms with Gasteiger partial charge in [0.25, 0.3) is 5.91 Å². The number of hydrogen-bond acceptors (Lipinski definition) is 7. The maximum absolute atomic E-state index is 11.7. The van der Waals surface area contributed by atoms with E-state index in [0.29, 0.717) is 40.6 Å². The van der Waals surface area contributed by atoms with Crippen LogP contribution in [0.4, 0.5) is 5.82 Å². The highest BCUT2D eigenvalue weighted by Crippen LogP contribution is 2.25. The number of benzene rings is 1. The van der Waals surface area contributed by atoms with Gasteiger partial charge >= 0.3 is 7.12 Å². The van der Waals surface area contributed by atoms with E-state index in [1.54, 1.807) is 34.7 Å². The third-order valence-electron chi connectivity index (χ3n) is 5.13. The molecule has 9 nitrogen and oxygen atoms in total. The number of aryl methyl sites for hydroxylation is 1. The summed E-state index contributed by atoms with van der Waals surface area (Å²) < 4.78 is 1.62. The molecule has 0 aliphatic carbocycles. The number of aromatic nitrogens is 4. The van der Waals surface area contributed by atoms with E-state index in [2.05, 4.69) is 20.3 Å². The van der Waals surface area contributed by atoms with E-state index in [0.717, 1.165) is 16.8 Å². The Balaban J connectivity index is 1.69. The lowest BCUT2D eigenvalue weighted by Gasteiger charge is -2.12.